The van der Waals surface area contributed by atoms with Crippen LogP contribution in [0.5, 0.6) is 0 Å². The smallest absolute Gasteiger partial charge is 0.417 e. The molecule has 0 unspecified atom stereocenters. The van der Waals surface area contributed by atoms with Crippen molar-refractivity contribution < 1.29 is 19.1 Å². The fraction of sp³-hybridized carbons (Fsp3) is 0.667. The molecule has 160 valence electrons. The summed E-state index contributed by atoms with van der Waals surface area (Å²) in [6, 6.07) is 0. The van der Waals surface area contributed by atoms with E-state index in [1.165, 1.54) is 11.8 Å². The predicted molar refractivity (Wildman–Crippen MR) is 110 cm³/mol. The molecule has 5 aliphatic rings. The molecule has 2 bridgehead atoms. The number of carbonyl (C=O) groups is 3. The lowest BCUT2D eigenvalue weighted by atomic mass is 9.48. The number of nitrogens with zero attached hydrogens (tertiary/aromatic N) is 4. The Balaban J connectivity index is 1.53. The maximum atomic E-state index is 13.9. The Morgan fingerprint density at radius 3 is 2.50 bits per heavy atom. The molecule has 2 aliphatic heterocycles. The highest BCUT2D eigenvalue weighted by Crippen LogP contribution is 2.63. The highest BCUT2D eigenvalue weighted by atomic mass is 32.2. The third-order valence-corrected chi connectivity index (χ3v) is 7.39. The average molecular weight is 431 g/mol. The lowest BCUT2D eigenvalue weighted by Gasteiger charge is -2.67. The standard InChI is InChI=1S/C21H26N4O4S/c1-19(2,3)29-18(28)24-6-5-21(15(24)26)10-13-11-22-17(30-4)23-14(13)25(16(21)27)20-7-12(8-20)9-20/h11-12H,5-10H2,1-4H3/t12?,20?,21-/m0/s1. The Morgan fingerprint density at radius 2 is 1.93 bits per heavy atom. The molecule has 3 saturated carbocycles. The zero-order chi connectivity index (χ0) is 21.5. The lowest BCUT2D eigenvalue weighted by molar-refractivity contribution is -0.147. The molecular weight excluding hydrogens is 404 g/mol. The van der Waals surface area contributed by atoms with Gasteiger partial charge in [-0.3, -0.25) is 14.5 Å². The van der Waals surface area contributed by atoms with Crippen LogP contribution in [0.15, 0.2) is 11.4 Å². The van der Waals surface area contributed by atoms with Crippen molar-refractivity contribution in [3.05, 3.63) is 11.8 Å². The zero-order valence-corrected chi connectivity index (χ0v) is 18.5. The SMILES string of the molecule is CSc1ncc2c(n1)N(C13CC(C1)C3)C(=O)[C@@]1(CCN(C(=O)OC(C)(C)C)C1=O)C2. The van der Waals surface area contributed by atoms with E-state index in [4.69, 9.17) is 4.74 Å². The van der Waals surface area contributed by atoms with E-state index in [0.29, 0.717) is 23.3 Å². The van der Waals surface area contributed by atoms with Crippen molar-refractivity contribution in [1.82, 2.24) is 14.9 Å². The molecule has 3 aliphatic carbocycles. The van der Waals surface area contributed by atoms with Crippen LogP contribution in [0.25, 0.3) is 0 Å². The van der Waals surface area contributed by atoms with Gasteiger partial charge in [0.2, 0.25) is 11.8 Å². The van der Waals surface area contributed by atoms with Crippen molar-refractivity contribution in [3.63, 3.8) is 0 Å². The predicted octanol–water partition coefficient (Wildman–Crippen LogP) is 2.79. The third kappa shape index (κ3) is 2.63. The van der Waals surface area contributed by atoms with Crippen molar-refractivity contribution >= 4 is 35.5 Å². The Kier molecular flexibility index (Phi) is 4.08. The number of aromatic nitrogens is 2. The minimum absolute atomic E-state index is 0.183. The first-order chi connectivity index (χ1) is 14.1. The van der Waals surface area contributed by atoms with Gasteiger partial charge in [-0.25, -0.2) is 19.7 Å². The van der Waals surface area contributed by atoms with Gasteiger partial charge in [0.15, 0.2) is 5.16 Å². The van der Waals surface area contributed by atoms with E-state index in [1.807, 2.05) is 6.26 Å². The minimum atomic E-state index is -1.27. The summed E-state index contributed by atoms with van der Waals surface area (Å²) in [6.45, 7) is 5.46. The topological polar surface area (TPSA) is 92.7 Å². The largest absolute Gasteiger partial charge is 0.443 e. The van der Waals surface area contributed by atoms with Crippen LogP contribution in [0.1, 0.15) is 52.0 Å². The van der Waals surface area contributed by atoms with Gasteiger partial charge in [0.25, 0.3) is 0 Å². The molecule has 4 fully saturated rings. The van der Waals surface area contributed by atoms with Crippen LogP contribution in [0.2, 0.25) is 0 Å². The van der Waals surface area contributed by atoms with Gasteiger partial charge in [0.05, 0.1) is 5.54 Å². The fourth-order valence-electron chi connectivity index (χ4n) is 5.28. The molecule has 1 saturated heterocycles. The van der Waals surface area contributed by atoms with Crippen LogP contribution in [0, 0.1) is 11.3 Å². The summed E-state index contributed by atoms with van der Waals surface area (Å²) in [4.78, 5) is 51.9. The number of hydrogen-bond donors (Lipinski definition) is 0. The van der Waals surface area contributed by atoms with E-state index in [1.54, 1.807) is 31.9 Å². The zero-order valence-electron chi connectivity index (χ0n) is 17.7. The van der Waals surface area contributed by atoms with Crippen LogP contribution in [0.3, 0.4) is 0 Å². The van der Waals surface area contributed by atoms with Crippen LogP contribution in [-0.4, -0.2) is 56.7 Å². The van der Waals surface area contributed by atoms with Crippen molar-refractivity contribution in [2.45, 2.75) is 69.2 Å². The molecule has 1 aromatic heterocycles. The van der Waals surface area contributed by atoms with E-state index >= 15 is 0 Å². The summed E-state index contributed by atoms with van der Waals surface area (Å²) in [7, 11) is 0. The first-order valence-electron chi connectivity index (χ1n) is 10.4. The van der Waals surface area contributed by atoms with Crippen LogP contribution in [0.4, 0.5) is 10.6 Å². The summed E-state index contributed by atoms with van der Waals surface area (Å²) in [6.07, 6.45) is 6.34. The molecule has 0 radical (unpaired) electrons. The highest BCUT2D eigenvalue weighted by Gasteiger charge is 2.68. The Hall–Kier alpha value is -2.16. The number of hydrogen-bond acceptors (Lipinski definition) is 7. The molecular formula is C21H26N4O4S. The van der Waals surface area contributed by atoms with Gasteiger partial charge in [-0.15, -0.1) is 0 Å². The third-order valence-electron chi connectivity index (χ3n) is 6.83. The molecule has 1 aromatic rings. The summed E-state index contributed by atoms with van der Waals surface area (Å²) in [5.41, 5.74) is -1.41. The molecule has 1 spiro atoms. The van der Waals surface area contributed by atoms with Crippen LogP contribution in [-0.2, 0) is 20.7 Å². The maximum Gasteiger partial charge on any atom is 0.417 e. The number of fused-ring (bicyclic) bond motifs is 1. The summed E-state index contributed by atoms with van der Waals surface area (Å²) in [5.74, 6) is 0.637. The number of thioether (sulfide) groups is 1. The van der Waals surface area contributed by atoms with Gasteiger partial charge < -0.3 is 4.74 Å². The number of carbonyl (C=O) groups excluding carboxylic acids is 3. The van der Waals surface area contributed by atoms with Gasteiger partial charge >= 0.3 is 6.09 Å². The molecule has 3 amide bonds. The minimum Gasteiger partial charge on any atom is -0.443 e. The number of anilines is 1. The summed E-state index contributed by atoms with van der Waals surface area (Å²) in [5, 5.41) is 0.613. The second-order valence-corrected chi connectivity index (χ2v) is 10.8. The summed E-state index contributed by atoms with van der Waals surface area (Å²) >= 11 is 1.43. The van der Waals surface area contributed by atoms with Gasteiger partial charge in [-0.2, -0.15) is 0 Å². The molecule has 9 heteroatoms. The Labute approximate surface area is 179 Å². The number of amides is 3. The highest BCUT2D eigenvalue weighted by molar-refractivity contribution is 7.98. The molecule has 3 heterocycles. The quantitative estimate of drug-likeness (QED) is 0.405. The van der Waals surface area contributed by atoms with E-state index < -0.39 is 23.0 Å². The number of likely N-dealkylation sites (tertiary alicyclic amines) is 1. The van der Waals surface area contributed by atoms with Crippen LogP contribution >= 0.6 is 11.8 Å². The van der Waals surface area contributed by atoms with Gasteiger partial charge in [-0.05, 0) is 58.6 Å². The van der Waals surface area contributed by atoms with E-state index in [9.17, 15) is 14.4 Å². The first kappa shape index (κ1) is 19.8. The normalized spacial score (nSPS) is 32.1. The second-order valence-electron chi connectivity index (χ2n) is 9.99. The molecule has 8 nitrogen and oxygen atoms in total. The van der Waals surface area contributed by atoms with E-state index in [0.717, 1.165) is 29.7 Å². The maximum absolute atomic E-state index is 13.9. The monoisotopic (exact) mass is 430 g/mol. The van der Waals surface area contributed by atoms with E-state index in [-0.39, 0.29) is 24.4 Å². The molecule has 0 aromatic carbocycles. The van der Waals surface area contributed by atoms with Crippen molar-refractivity contribution in [3.8, 4) is 0 Å². The molecule has 0 N–H and O–H groups in total. The Bertz CT molecular complexity index is 957. The first-order valence-corrected chi connectivity index (χ1v) is 11.6. The lowest BCUT2D eigenvalue weighted by Crippen LogP contribution is -2.73. The summed E-state index contributed by atoms with van der Waals surface area (Å²) < 4.78 is 5.41. The molecule has 30 heavy (non-hydrogen) atoms. The van der Waals surface area contributed by atoms with Crippen LogP contribution < -0.4 is 4.90 Å². The number of imide groups is 1. The van der Waals surface area contributed by atoms with E-state index in [2.05, 4.69) is 9.97 Å². The van der Waals surface area contributed by atoms with Crippen molar-refractivity contribution in [1.29, 1.82) is 0 Å². The average Bonchev–Trinajstić information content (AvgIpc) is 2.92. The number of rotatable bonds is 2. The fourth-order valence-corrected chi connectivity index (χ4v) is 5.62. The van der Waals surface area contributed by atoms with Gasteiger partial charge in [-0.1, -0.05) is 11.8 Å². The molecule has 1 atom stereocenters. The van der Waals surface area contributed by atoms with Gasteiger partial charge in [0.1, 0.15) is 16.8 Å². The second kappa shape index (κ2) is 6.18. The molecule has 6 rings (SSSR count). The van der Waals surface area contributed by atoms with Crippen molar-refractivity contribution in [2.75, 3.05) is 17.7 Å². The van der Waals surface area contributed by atoms with Gasteiger partial charge in [0, 0.05) is 24.7 Å². The Morgan fingerprint density at radius 1 is 1.23 bits per heavy atom. The van der Waals surface area contributed by atoms with Crippen molar-refractivity contribution in [2.24, 2.45) is 11.3 Å². The number of ether oxygens (including phenoxy) is 1.